The Balaban J connectivity index is 0.00000400. The average Bonchev–Trinajstić information content (AvgIpc) is 3.08. The van der Waals surface area contributed by atoms with Gasteiger partial charge in [0.05, 0.1) is 13.2 Å². The van der Waals surface area contributed by atoms with Gasteiger partial charge >= 0.3 is 0 Å². The minimum absolute atomic E-state index is 0. The molecule has 0 atom stereocenters. The molecule has 4 N–H and O–H groups in total. The van der Waals surface area contributed by atoms with Crippen LogP contribution in [0.1, 0.15) is 54.0 Å². The van der Waals surface area contributed by atoms with E-state index in [4.69, 9.17) is 0 Å². The summed E-state index contributed by atoms with van der Waals surface area (Å²) >= 11 is 0. The maximum Gasteiger partial charge on any atom is 0.206 e. The second-order valence-corrected chi connectivity index (χ2v) is 11.9. The monoisotopic (exact) mass is 658 g/mol. The highest BCUT2D eigenvalue weighted by atomic mass is 16.3. The van der Waals surface area contributed by atoms with Gasteiger partial charge < -0.3 is 30.2 Å². The van der Waals surface area contributed by atoms with E-state index < -0.39 is 0 Å². The van der Waals surface area contributed by atoms with E-state index in [1.807, 2.05) is 60.7 Å². The molecule has 8 nitrogen and oxygen atoms in total. The molecule has 1 aliphatic rings. The standard InChI is InChI=1S/C38H50N4O4.2CH4/c1-29(2)31-5-7-33(8-6-31)40(22-26-44)35-13-15-37(16-14-35)42(24-28-46)38-19-17-36(18-20-38)41(23-27-45)34-11-9-32(10-12-34)39(21-25-43)30(3)4;;/h5-20,29-30,43-46H,21-28H2,1-4H3;2*1H4/q+2;;. The zero-order chi connectivity index (χ0) is 33.1. The molecule has 0 unspecified atom stereocenters. The number of allylic oxidation sites excluding steroid dienone is 4. The largest absolute Gasteiger partial charge is 0.395 e. The molecule has 3 aromatic carbocycles. The maximum absolute atomic E-state index is 9.94. The second-order valence-electron chi connectivity index (χ2n) is 11.9. The Morgan fingerprint density at radius 2 is 0.917 bits per heavy atom. The van der Waals surface area contributed by atoms with Gasteiger partial charge in [-0.2, -0.15) is 9.15 Å². The van der Waals surface area contributed by atoms with Crippen molar-refractivity contribution in [3.63, 3.8) is 0 Å². The lowest BCUT2D eigenvalue weighted by Gasteiger charge is -2.29. The van der Waals surface area contributed by atoms with Crippen LogP contribution in [0.5, 0.6) is 0 Å². The van der Waals surface area contributed by atoms with Gasteiger partial charge in [-0.15, -0.1) is 0 Å². The highest BCUT2D eigenvalue weighted by molar-refractivity contribution is 6.15. The summed E-state index contributed by atoms with van der Waals surface area (Å²) in [6.07, 6.45) is 8.19. The number of hydrogen-bond donors (Lipinski definition) is 4. The van der Waals surface area contributed by atoms with Gasteiger partial charge in [0.2, 0.25) is 22.8 Å². The van der Waals surface area contributed by atoms with E-state index in [-0.39, 0.29) is 47.3 Å². The van der Waals surface area contributed by atoms with Gasteiger partial charge in [-0.1, -0.05) is 40.8 Å². The van der Waals surface area contributed by atoms with E-state index in [0.29, 0.717) is 32.1 Å². The van der Waals surface area contributed by atoms with Gasteiger partial charge in [-0.25, -0.2) is 0 Å². The van der Waals surface area contributed by atoms with Crippen LogP contribution in [-0.4, -0.2) is 99.6 Å². The molecule has 0 aliphatic heterocycles. The predicted octanol–water partition coefficient (Wildman–Crippen LogP) is 6.40. The van der Waals surface area contributed by atoms with Crippen LogP contribution < -0.4 is 9.80 Å². The van der Waals surface area contributed by atoms with Gasteiger partial charge in [-0.3, -0.25) is 0 Å². The Morgan fingerprint density at radius 1 is 0.521 bits per heavy atom. The summed E-state index contributed by atoms with van der Waals surface area (Å²) in [5.41, 5.74) is 8.13. The third-order valence-electron chi connectivity index (χ3n) is 8.25. The number of rotatable bonds is 15. The van der Waals surface area contributed by atoms with Crippen molar-refractivity contribution in [2.45, 2.75) is 54.5 Å². The molecule has 8 heteroatoms. The average molecular weight is 659 g/mol. The number of aliphatic hydroxyl groups excluding tert-OH is 4. The minimum atomic E-state index is -0.00496. The van der Waals surface area contributed by atoms with Crippen LogP contribution in [0.2, 0.25) is 0 Å². The van der Waals surface area contributed by atoms with Crippen LogP contribution in [0.25, 0.3) is 0 Å². The molecule has 1 aliphatic carbocycles. The molecule has 48 heavy (non-hydrogen) atoms. The van der Waals surface area contributed by atoms with Crippen molar-refractivity contribution in [3.05, 3.63) is 103 Å². The summed E-state index contributed by atoms with van der Waals surface area (Å²) in [5.74, 6) is 0.453. The van der Waals surface area contributed by atoms with E-state index in [2.05, 4.69) is 83.0 Å². The van der Waals surface area contributed by atoms with Gasteiger partial charge in [0.15, 0.2) is 13.1 Å². The van der Waals surface area contributed by atoms with E-state index in [9.17, 15) is 20.4 Å². The fourth-order valence-corrected chi connectivity index (χ4v) is 5.80. The smallest absolute Gasteiger partial charge is 0.206 e. The van der Waals surface area contributed by atoms with E-state index in [0.717, 1.165) is 39.9 Å². The molecule has 0 spiro atoms. The Morgan fingerprint density at radius 3 is 1.29 bits per heavy atom. The summed E-state index contributed by atoms with van der Waals surface area (Å²) < 4.78 is 4.18. The van der Waals surface area contributed by atoms with Crippen molar-refractivity contribution in [2.24, 2.45) is 0 Å². The number of hydrogen-bond acceptors (Lipinski definition) is 6. The van der Waals surface area contributed by atoms with Crippen molar-refractivity contribution in [2.75, 3.05) is 62.4 Å². The Labute approximate surface area is 288 Å². The first-order valence-corrected chi connectivity index (χ1v) is 16.2. The zero-order valence-corrected chi connectivity index (χ0v) is 27.6. The van der Waals surface area contributed by atoms with Gasteiger partial charge in [-0.05, 0) is 61.7 Å². The molecule has 3 aromatic rings. The van der Waals surface area contributed by atoms with Crippen LogP contribution in [0.3, 0.4) is 0 Å². The molecule has 0 aromatic heterocycles. The SMILES string of the molecule is C.C.CC(C)c1ccc([N+](CCO)=C2C=CC(=[N+](CCO)c3ccc(N(CCO)c4ccc(N(CCO)C(C)C)cc4)cc3)C=C2)cc1. The molecular formula is C40H58N4O4+2. The normalized spacial score (nSPS) is 12.2. The van der Waals surface area contributed by atoms with Crippen molar-refractivity contribution < 1.29 is 29.6 Å². The van der Waals surface area contributed by atoms with E-state index in [1.54, 1.807) is 0 Å². The summed E-state index contributed by atoms with van der Waals surface area (Å²) in [5, 5.41) is 39.1. The highest BCUT2D eigenvalue weighted by Crippen LogP contribution is 2.30. The maximum atomic E-state index is 9.94. The van der Waals surface area contributed by atoms with E-state index >= 15 is 0 Å². The molecule has 0 heterocycles. The van der Waals surface area contributed by atoms with Gasteiger partial charge in [0, 0.05) is 84.8 Å². The summed E-state index contributed by atoms with van der Waals surface area (Å²) in [6, 6.07) is 25.1. The van der Waals surface area contributed by atoms with Gasteiger partial charge in [0.25, 0.3) is 0 Å². The third kappa shape index (κ3) is 9.97. The number of aliphatic hydroxyl groups is 4. The molecule has 0 radical (unpaired) electrons. The van der Waals surface area contributed by atoms with Crippen LogP contribution in [0.15, 0.2) is 97.1 Å². The number of benzene rings is 3. The van der Waals surface area contributed by atoms with Crippen LogP contribution in [-0.2, 0) is 0 Å². The summed E-state index contributed by atoms with van der Waals surface area (Å²) in [7, 11) is 0. The summed E-state index contributed by atoms with van der Waals surface area (Å²) in [4.78, 5) is 4.24. The fourth-order valence-electron chi connectivity index (χ4n) is 5.80. The molecule has 0 amide bonds. The topological polar surface area (TPSA) is 93.4 Å². The second kappa shape index (κ2) is 19.7. The quantitative estimate of drug-likeness (QED) is 0.112. The van der Waals surface area contributed by atoms with Crippen molar-refractivity contribution >= 4 is 39.9 Å². The Hall–Kier alpha value is -4.08. The molecule has 4 rings (SSSR count). The third-order valence-corrected chi connectivity index (χ3v) is 8.25. The molecular weight excluding hydrogens is 600 g/mol. The first-order chi connectivity index (χ1) is 22.3. The highest BCUT2D eigenvalue weighted by Gasteiger charge is 2.21. The lowest BCUT2D eigenvalue weighted by molar-refractivity contribution is -0.444. The van der Waals surface area contributed by atoms with Crippen LogP contribution >= 0.6 is 0 Å². The predicted molar refractivity (Wildman–Crippen MR) is 203 cm³/mol. The number of nitrogens with zero attached hydrogens (tertiary/aromatic N) is 4. The zero-order valence-electron chi connectivity index (χ0n) is 27.6. The summed E-state index contributed by atoms with van der Waals surface area (Å²) in [6.45, 7) is 10.6. The molecule has 0 saturated heterocycles. The molecule has 0 saturated carbocycles. The van der Waals surface area contributed by atoms with Gasteiger partial charge in [0.1, 0.15) is 13.2 Å². The first-order valence-electron chi connectivity index (χ1n) is 16.2. The van der Waals surface area contributed by atoms with E-state index in [1.165, 1.54) is 5.56 Å². The molecule has 0 bridgehead atoms. The fraction of sp³-hybridized carbons (Fsp3) is 0.400. The number of anilines is 3. The first kappa shape index (κ1) is 40.1. The van der Waals surface area contributed by atoms with Crippen molar-refractivity contribution in [3.8, 4) is 0 Å². The van der Waals surface area contributed by atoms with Crippen molar-refractivity contribution in [1.29, 1.82) is 0 Å². The minimum Gasteiger partial charge on any atom is -0.395 e. The molecule has 0 fully saturated rings. The lowest BCUT2D eigenvalue weighted by Crippen LogP contribution is -2.33. The van der Waals surface area contributed by atoms with Crippen LogP contribution in [0.4, 0.5) is 28.4 Å². The Kier molecular flexibility index (Phi) is 16.4. The lowest BCUT2D eigenvalue weighted by atomic mass is 10.0. The molecule has 260 valence electrons. The van der Waals surface area contributed by atoms with Crippen molar-refractivity contribution in [1.82, 2.24) is 0 Å². The Bertz CT molecular complexity index is 1500. The van der Waals surface area contributed by atoms with Crippen LogP contribution in [0, 0.1) is 0 Å².